The van der Waals surface area contributed by atoms with Crippen molar-refractivity contribution in [3.8, 4) is 0 Å². The molecule has 1 fully saturated rings. The summed E-state index contributed by atoms with van der Waals surface area (Å²) in [7, 11) is 0. The summed E-state index contributed by atoms with van der Waals surface area (Å²) in [6, 6.07) is 1.77. The Bertz CT molecular complexity index is 473. The fraction of sp³-hybridized carbons (Fsp3) is 0.750. The van der Waals surface area contributed by atoms with Crippen LogP contribution in [0.4, 0.5) is 4.79 Å². The molecule has 23 heavy (non-hydrogen) atoms. The third kappa shape index (κ3) is 5.21. The Hall–Kier alpha value is -1.60. The van der Waals surface area contributed by atoms with Crippen molar-refractivity contribution in [2.45, 2.75) is 45.3 Å². The number of amides is 2. The van der Waals surface area contributed by atoms with Crippen molar-refractivity contribution in [3.63, 3.8) is 0 Å². The molecule has 7 heteroatoms. The summed E-state index contributed by atoms with van der Waals surface area (Å²) < 4.78 is 7.23. The van der Waals surface area contributed by atoms with E-state index in [2.05, 4.69) is 34.5 Å². The lowest BCUT2D eigenvalue weighted by molar-refractivity contribution is -0.0165. The monoisotopic (exact) mass is 323 g/mol. The highest BCUT2D eigenvalue weighted by Gasteiger charge is 2.31. The fourth-order valence-electron chi connectivity index (χ4n) is 2.84. The lowest BCUT2D eigenvalue weighted by Crippen LogP contribution is -2.58. The molecule has 2 amide bonds. The van der Waals surface area contributed by atoms with E-state index in [-0.39, 0.29) is 17.6 Å². The second-order valence-electron chi connectivity index (χ2n) is 6.41. The van der Waals surface area contributed by atoms with Gasteiger partial charge in [0.25, 0.3) is 0 Å². The van der Waals surface area contributed by atoms with Gasteiger partial charge in [-0.15, -0.1) is 0 Å². The van der Waals surface area contributed by atoms with Gasteiger partial charge in [0.15, 0.2) is 0 Å². The normalized spacial score (nSPS) is 19.8. The molecule has 7 nitrogen and oxygen atoms in total. The van der Waals surface area contributed by atoms with E-state index in [9.17, 15) is 4.79 Å². The van der Waals surface area contributed by atoms with Crippen molar-refractivity contribution in [1.82, 2.24) is 25.3 Å². The van der Waals surface area contributed by atoms with Gasteiger partial charge in [-0.05, 0) is 26.3 Å². The van der Waals surface area contributed by atoms with Crippen molar-refractivity contribution in [1.29, 1.82) is 0 Å². The highest BCUT2D eigenvalue weighted by molar-refractivity contribution is 5.74. The molecule has 0 aromatic carbocycles. The van der Waals surface area contributed by atoms with E-state index in [1.807, 2.05) is 23.9 Å². The predicted octanol–water partition coefficient (Wildman–Crippen LogP) is 1.07. The largest absolute Gasteiger partial charge is 0.379 e. The predicted molar refractivity (Wildman–Crippen MR) is 89.3 cm³/mol. The molecule has 2 unspecified atom stereocenters. The molecule has 2 N–H and O–H groups in total. The smallest absolute Gasteiger partial charge is 0.315 e. The number of aromatic nitrogens is 2. The molecule has 2 atom stereocenters. The number of rotatable bonds is 7. The number of morpholine rings is 1. The number of hydrogen-bond donors (Lipinski definition) is 2. The molecule has 1 saturated heterocycles. The summed E-state index contributed by atoms with van der Waals surface area (Å²) in [5.41, 5.74) is -0.0354. The zero-order valence-electron chi connectivity index (χ0n) is 14.4. The van der Waals surface area contributed by atoms with Crippen LogP contribution in [0.1, 0.15) is 27.2 Å². The Kier molecular flexibility index (Phi) is 6.41. The van der Waals surface area contributed by atoms with Crippen LogP contribution in [0.2, 0.25) is 0 Å². The number of carbonyl (C=O) groups is 1. The lowest BCUT2D eigenvalue weighted by atomic mass is 9.95. The molecule has 1 aromatic rings. The average molecular weight is 323 g/mol. The van der Waals surface area contributed by atoms with Gasteiger partial charge < -0.3 is 15.4 Å². The highest BCUT2D eigenvalue weighted by atomic mass is 16.5. The molecule has 0 spiro atoms. The van der Waals surface area contributed by atoms with Crippen LogP contribution in [0.3, 0.4) is 0 Å². The maximum Gasteiger partial charge on any atom is 0.315 e. The van der Waals surface area contributed by atoms with Gasteiger partial charge >= 0.3 is 6.03 Å². The molecular weight excluding hydrogens is 294 g/mol. The van der Waals surface area contributed by atoms with E-state index in [0.29, 0.717) is 13.1 Å². The summed E-state index contributed by atoms with van der Waals surface area (Å²) in [6.45, 7) is 11.0. The second kappa shape index (κ2) is 8.31. The van der Waals surface area contributed by atoms with Crippen LogP contribution in [0.15, 0.2) is 18.5 Å². The summed E-state index contributed by atoms with van der Waals surface area (Å²) in [6.07, 6.45) is 4.61. The molecule has 2 heterocycles. The Balaban J connectivity index is 1.77. The maximum absolute atomic E-state index is 12.1. The molecule has 2 rings (SSSR count). The first-order chi connectivity index (χ1) is 11.0. The summed E-state index contributed by atoms with van der Waals surface area (Å²) in [5, 5.41) is 10.1. The first-order valence-corrected chi connectivity index (χ1v) is 8.38. The van der Waals surface area contributed by atoms with Crippen LogP contribution in [0.5, 0.6) is 0 Å². The minimum Gasteiger partial charge on any atom is -0.379 e. The van der Waals surface area contributed by atoms with Crippen molar-refractivity contribution in [3.05, 3.63) is 18.5 Å². The van der Waals surface area contributed by atoms with Gasteiger partial charge in [0.2, 0.25) is 0 Å². The summed E-state index contributed by atoms with van der Waals surface area (Å²) in [5.74, 6) is 0. The Morgan fingerprint density at radius 2 is 2.17 bits per heavy atom. The number of carbonyl (C=O) groups excluding carboxylic acids is 1. The molecular formula is C16H29N5O2. The van der Waals surface area contributed by atoms with Gasteiger partial charge in [-0.3, -0.25) is 9.58 Å². The minimum atomic E-state index is -0.127. The average Bonchev–Trinajstić information content (AvgIpc) is 3.06. The van der Waals surface area contributed by atoms with E-state index in [0.717, 1.165) is 32.7 Å². The zero-order chi connectivity index (χ0) is 16.7. The summed E-state index contributed by atoms with van der Waals surface area (Å²) in [4.78, 5) is 14.5. The van der Waals surface area contributed by atoms with Gasteiger partial charge in [-0.2, -0.15) is 5.10 Å². The van der Waals surface area contributed by atoms with Crippen molar-refractivity contribution in [2.75, 3.05) is 32.8 Å². The van der Waals surface area contributed by atoms with E-state index < -0.39 is 0 Å². The topological polar surface area (TPSA) is 71.4 Å². The number of nitrogens with zero attached hydrogens (tertiary/aromatic N) is 3. The fourth-order valence-corrected chi connectivity index (χ4v) is 2.84. The Labute approximate surface area is 138 Å². The van der Waals surface area contributed by atoms with Gasteiger partial charge in [0.1, 0.15) is 0 Å². The minimum absolute atomic E-state index is 0.0196. The van der Waals surface area contributed by atoms with E-state index in [4.69, 9.17) is 4.74 Å². The van der Waals surface area contributed by atoms with E-state index >= 15 is 0 Å². The van der Waals surface area contributed by atoms with Crippen LogP contribution >= 0.6 is 0 Å². The molecule has 0 radical (unpaired) electrons. The molecule has 0 bridgehead atoms. The van der Waals surface area contributed by atoms with Gasteiger partial charge in [0, 0.05) is 43.6 Å². The number of urea groups is 1. The third-order valence-corrected chi connectivity index (χ3v) is 4.56. The van der Waals surface area contributed by atoms with Crippen LogP contribution in [-0.2, 0) is 11.3 Å². The summed E-state index contributed by atoms with van der Waals surface area (Å²) >= 11 is 0. The molecule has 1 aliphatic rings. The number of ether oxygens (including phenoxy) is 1. The molecule has 0 saturated carbocycles. The lowest BCUT2D eigenvalue weighted by Gasteiger charge is -2.43. The van der Waals surface area contributed by atoms with Crippen LogP contribution in [0, 0.1) is 0 Å². The van der Waals surface area contributed by atoms with Gasteiger partial charge in [-0.1, -0.05) is 6.92 Å². The van der Waals surface area contributed by atoms with Gasteiger partial charge in [-0.25, -0.2) is 4.79 Å². The quantitative estimate of drug-likeness (QED) is 0.787. The highest BCUT2D eigenvalue weighted by Crippen LogP contribution is 2.19. The molecule has 1 aromatic heterocycles. The molecule has 1 aliphatic heterocycles. The second-order valence-corrected chi connectivity index (χ2v) is 6.41. The van der Waals surface area contributed by atoms with E-state index in [1.165, 1.54) is 0 Å². The SMILES string of the molecule is CCC(C)(CNC(=O)NC(C)Cn1cccn1)N1CCOCC1. The van der Waals surface area contributed by atoms with Crippen molar-refractivity contribution >= 4 is 6.03 Å². The van der Waals surface area contributed by atoms with E-state index in [1.54, 1.807) is 6.20 Å². The van der Waals surface area contributed by atoms with Crippen molar-refractivity contribution in [2.24, 2.45) is 0 Å². The first-order valence-electron chi connectivity index (χ1n) is 8.38. The van der Waals surface area contributed by atoms with Crippen LogP contribution < -0.4 is 10.6 Å². The number of nitrogens with one attached hydrogen (secondary N) is 2. The third-order valence-electron chi connectivity index (χ3n) is 4.56. The maximum atomic E-state index is 12.1. The van der Waals surface area contributed by atoms with Gasteiger partial charge in [0.05, 0.1) is 19.8 Å². The molecule has 0 aliphatic carbocycles. The van der Waals surface area contributed by atoms with Crippen LogP contribution in [-0.4, -0.2) is 65.1 Å². The van der Waals surface area contributed by atoms with Crippen molar-refractivity contribution < 1.29 is 9.53 Å². The zero-order valence-corrected chi connectivity index (χ0v) is 14.4. The number of hydrogen-bond acceptors (Lipinski definition) is 4. The Morgan fingerprint density at radius 1 is 1.43 bits per heavy atom. The first kappa shape index (κ1) is 17.7. The standard InChI is InChI=1S/C16H29N5O2/c1-4-16(3,20-8-10-23-11-9-20)13-17-15(22)19-14(2)12-21-7-5-6-18-21/h5-7,14H,4,8-13H2,1-3H3,(H2,17,19,22). The molecule has 130 valence electrons. The van der Waals surface area contributed by atoms with Crippen LogP contribution in [0.25, 0.3) is 0 Å². The Morgan fingerprint density at radius 3 is 2.78 bits per heavy atom.